The zero-order valence-electron chi connectivity index (χ0n) is 16.7. The zero-order valence-corrected chi connectivity index (χ0v) is 16.7. The van der Waals surface area contributed by atoms with Crippen LogP contribution >= 0.6 is 0 Å². The van der Waals surface area contributed by atoms with Crippen LogP contribution in [0.15, 0.2) is 74.8 Å². The molecule has 0 saturated carbocycles. The minimum absolute atomic E-state index is 0.137. The Bertz CT molecular complexity index is 1490. The van der Waals surface area contributed by atoms with Crippen LogP contribution in [0.4, 0.5) is 10.2 Å². The molecule has 5 rings (SSSR count). The molecule has 0 atom stereocenters. The molecule has 5 aromatic rings. The summed E-state index contributed by atoms with van der Waals surface area (Å²) in [5.41, 5.74) is 1.33. The van der Waals surface area contributed by atoms with Crippen LogP contribution in [0.3, 0.4) is 0 Å². The van der Waals surface area contributed by atoms with Crippen molar-refractivity contribution in [2.24, 2.45) is 0 Å². The lowest BCUT2D eigenvalue weighted by Crippen LogP contribution is -2.13. The Morgan fingerprint density at radius 1 is 1.15 bits per heavy atom. The van der Waals surface area contributed by atoms with E-state index in [4.69, 9.17) is 9.05 Å². The summed E-state index contributed by atoms with van der Waals surface area (Å²) in [5.74, 6) is -0.840. The lowest BCUT2D eigenvalue weighted by Gasteiger charge is -2.06. The molecule has 0 aliphatic rings. The number of carbonyl (C=O) groups excluding carboxylic acids is 1. The predicted molar refractivity (Wildman–Crippen MR) is 112 cm³/mol. The molecule has 0 saturated heterocycles. The smallest absolute Gasteiger partial charge is 0.295 e. The molecule has 0 unspecified atom stereocenters. The highest BCUT2D eigenvalue weighted by Crippen LogP contribution is 2.25. The van der Waals surface area contributed by atoms with E-state index in [0.29, 0.717) is 22.6 Å². The van der Waals surface area contributed by atoms with Gasteiger partial charge in [0.15, 0.2) is 5.82 Å². The summed E-state index contributed by atoms with van der Waals surface area (Å²) < 4.78 is 25.5. The van der Waals surface area contributed by atoms with Crippen molar-refractivity contribution in [2.75, 3.05) is 5.32 Å². The van der Waals surface area contributed by atoms with Crippen molar-refractivity contribution >= 4 is 11.7 Å². The van der Waals surface area contributed by atoms with E-state index in [1.807, 2.05) is 5.16 Å². The van der Waals surface area contributed by atoms with Crippen molar-refractivity contribution < 1.29 is 18.2 Å². The number of H-pyrrole nitrogens is 1. The van der Waals surface area contributed by atoms with Crippen molar-refractivity contribution in [3.8, 4) is 22.9 Å². The molecule has 0 spiro atoms. The summed E-state index contributed by atoms with van der Waals surface area (Å²) in [6, 6.07) is 12.2. The SMILES string of the molecule is O=C(Nc1ccnc(-c2cc(-c3ccon3)n(Cc3ccccc3F)n2)n1)c1cc(=O)[nH]o1. The summed E-state index contributed by atoms with van der Waals surface area (Å²) >= 11 is 0. The number of aromatic nitrogens is 6. The quantitative estimate of drug-likeness (QED) is 0.404. The Balaban J connectivity index is 1.48. The number of anilines is 1. The van der Waals surface area contributed by atoms with Gasteiger partial charge in [0.25, 0.3) is 11.5 Å². The van der Waals surface area contributed by atoms with Gasteiger partial charge in [-0.25, -0.2) is 14.4 Å². The molecule has 0 aliphatic carbocycles. The Kier molecular flexibility index (Phi) is 5.07. The summed E-state index contributed by atoms with van der Waals surface area (Å²) in [4.78, 5) is 31.9. The first-order valence-electron chi connectivity index (χ1n) is 9.62. The maximum absolute atomic E-state index is 14.2. The largest absolute Gasteiger partial charge is 0.373 e. The van der Waals surface area contributed by atoms with Crippen LogP contribution < -0.4 is 10.9 Å². The molecule has 0 aliphatic heterocycles. The second-order valence-corrected chi connectivity index (χ2v) is 6.85. The van der Waals surface area contributed by atoms with E-state index in [1.54, 1.807) is 35.0 Å². The van der Waals surface area contributed by atoms with Gasteiger partial charge in [0.2, 0.25) is 5.76 Å². The van der Waals surface area contributed by atoms with Crippen LogP contribution in [-0.2, 0) is 6.54 Å². The maximum atomic E-state index is 14.2. The van der Waals surface area contributed by atoms with Gasteiger partial charge in [-0.1, -0.05) is 23.4 Å². The number of benzene rings is 1. The van der Waals surface area contributed by atoms with Crippen LogP contribution in [0, 0.1) is 5.82 Å². The molecule has 164 valence electrons. The van der Waals surface area contributed by atoms with Crippen molar-refractivity contribution in [2.45, 2.75) is 6.54 Å². The molecule has 0 bridgehead atoms. The number of hydrogen-bond acceptors (Lipinski definition) is 8. The fourth-order valence-electron chi connectivity index (χ4n) is 3.11. The van der Waals surface area contributed by atoms with Gasteiger partial charge in [-0.05, 0) is 18.2 Å². The molecule has 4 aromatic heterocycles. The number of halogens is 1. The first-order chi connectivity index (χ1) is 16.1. The minimum atomic E-state index is -0.661. The van der Waals surface area contributed by atoms with Crippen molar-refractivity contribution in [1.82, 2.24) is 30.1 Å². The van der Waals surface area contributed by atoms with Gasteiger partial charge in [-0.3, -0.25) is 14.3 Å². The minimum Gasteiger partial charge on any atom is -0.373 e. The number of carbonyl (C=O) groups is 1. The van der Waals surface area contributed by atoms with E-state index in [9.17, 15) is 14.0 Å². The van der Waals surface area contributed by atoms with E-state index < -0.39 is 11.5 Å². The monoisotopic (exact) mass is 447 g/mol. The fourth-order valence-corrected chi connectivity index (χ4v) is 3.11. The molecule has 33 heavy (non-hydrogen) atoms. The first-order valence-corrected chi connectivity index (χ1v) is 9.62. The maximum Gasteiger partial charge on any atom is 0.295 e. The Morgan fingerprint density at radius 3 is 2.79 bits per heavy atom. The number of aromatic amines is 1. The van der Waals surface area contributed by atoms with Gasteiger partial charge in [0.05, 0.1) is 18.3 Å². The van der Waals surface area contributed by atoms with E-state index in [2.05, 4.69) is 25.5 Å². The molecule has 2 N–H and O–H groups in total. The van der Waals surface area contributed by atoms with Gasteiger partial charge in [-0.2, -0.15) is 10.3 Å². The number of nitrogens with zero attached hydrogens (tertiary/aromatic N) is 5. The lowest BCUT2D eigenvalue weighted by molar-refractivity contribution is 0.0987. The van der Waals surface area contributed by atoms with Crippen LogP contribution in [0.5, 0.6) is 0 Å². The second-order valence-electron chi connectivity index (χ2n) is 6.85. The summed E-state index contributed by atoms with van der Waals surface area (Å²) in [7, 11) is 0. The van der Waals surface area contributed by atoms with E-state index >= 15 is 0 Å². The number of nitrogens with one attached hydrogen (secondary N) is 2. The number of amides is 1. The average molecular weight is 447 g/mol. The third-order valence-corrected chi connectivity index (χ3v) is 4.63. The highest BCUT2D eigenvalue weighted by Gasteiger charge is 2.18. The van der Waals surface area contributed by atoms with Gasteiger partial charge in [0.1, 0.15) is 29.3 Å². The Labute approximate surface area is 183 Å². The molecule has 11 nitrogen and oxygen atoms in total. The van der Waals surface area contributed by atoms with E-state index in [-0.39, 0.29) is 29.8 Å². The van der Waals surface area contributed by atoms with Gasteiger partial charge in [0, 0.05) is 17.8 Å². The van der Waals surface area contributed by atoms with Crippen molar-refractivity contribution in [3.63, 3.8) is 0 Å². The standard InChI is InChI=1S/C21H14FN7O4/c22-13-4-2-1-3-12(13)11-29-16(14-6-8-32-27-14)9-15(26-29)20-23-7-5-18(24-20)25-21(31)17-10-19(30)28-33-17/h1-10H,11H2,(H,28,30)(H,23,24,25,31). The first kappa shape index (κ1) is 20.1. The summed E-state index contributed by atoms with van der Waals surface area (Å²) in [6.07, 6.45) is 2.86. The van der Waals surface area contributed by atoms with Crippen LogP contribution in [0.2, 0.25) is 0 Å². The molecule has 0 fully saturated rings. The molecule has 12 heteroatoms. The third kappa shape index (κ3) is 4.17. The summed E-state index contributed by atoms with van der Waals surface area (Å²) in [6.45, 7) is 0.137. The van der Waals surface area contributed by atoms with E-state index in [1.165, 1.54) is 24.6 Å². The normalized spacial score (nSPS) is 10.9. The molecular formula is C21H14FN7O4. The third-order valence-electron chi connectivity index (χ3n) is 4.63. The second kappa shape index (κ2) is 8.34. The van der Waals surface area contributed by atoms with Crippen molar-refractivity contribution in [1.29, 1.82) is 0 Å². The highest BCUT2D eigenvalue weighted by atomic mass is 19.1. The fraction of sp³-hybridized carbons (Fsp3) is 0.0476. The molecule has 1 amide bonds. The molecular weight excluding hydrogens is 433 g/mol. The highest BCUT2D eigenvalue weighted by molar-refractivity contribution is 6.01. The van der Waals surface area contributed by atoms with Gasteiger partial charge in [-0.15, -0.1) is 0 Å². The Hall–Kier alpha value is -4.87. The van der Waals surface area contributed by atoms with Crippen LogP contribution in [0.1, 0.15) is 16.1 Å². The van der Waals surface area contributed by atoms with Gasteiger partial charge < -0.3 is 14.4 Å². The molecule has 1 aromatic carbocycles. The zero-order chi connectivity index (χ0) is 22.8. The lowest BCUT2D eigenvalue weighted by atomic mass is 10.2. The summed E-state index contributed by atoms with van der Waals surface area (Å²) in [5, 5.41) is 13.0. The number of hydrogen-bond donors (Lipinski definition) is 2. The number of rotatable bonds is 6. The average Bonchev–Trinajstić information content (AvgIpc) is 3.56. The topological polar surface area (TPSA) is 145 Å². The van der Waals surface area contributed by atoms with E-state index in [0.717, 1.165) is 6.07 Å². The molecule has 0 radical (unpaired) electrons. The van der Waals surface area contributed by atoms with Gasteiger partial charge >= 0.3 is 0 Å². The van der Waals surface area contributed by atoms with Crippen LogP contribution in [-0.4, -0.2) is 36.0 Å². The van der Waals surface area contributed by atoms with Crippen molar-refractivity contribution in [3.05, 3.63) is 88.5 Å². The molecule has 4 heterocycles. The predicted octanol–water partition coefficient (Wildman–Crippen LogP) is 2.72. The Morgan fingerprint density at radius 2 is 2.03 bits per heavy atom. The van der Waals surface area contributed by atoms with Crippen LogP contribution in [0.25, 0.3) is 22.9 Å².